The van der Waals surface area contributed by atoms with E-state index in [1.165, 1.54) is 64.2 Å². The minimum atomic E-state index is -0.531. The van der Waals surface area contributed by atoms with E-state index < -0.39 is 6.16 Å². The average molecular weight is 355 g/mol. The lowest BCUT2D eigenvalue weighted by Crippen LogP contribution is -2.19. The van der Waals surface area contributed by atoms with Crippen LogP contribution < -0.4 is 0 Å². The molecular formula is C22H42O3. The third-order valence-electron chi connectivity index (χ3n) is 4.00. The van der Waals surface area contributed by atoms with Gasteiger partial charge in [-0.3, -0.25) is 0 Å². The third-order valence-corrected chi connectivity index (χ3v) is 4.00. The zero-order valence-electron chi connectivity index (χ0n) is 17.3. The highest BCUT2D eigenvalue weighted by atomic mass is 16.7. The van der Waals surface area contributed by atoms with Crippen molar-refractivity contribution in [1.29, 1.82) is 0 Å². The Morgan fingerprint density at radius 2 is 1.28 bits per heavy atom. The molecular weight excluding hydrogens is 312 g/mol. The molecule has 0 bridgehead atoms. The Morgan fingerprint density at radius 1 is 0.760 bits per heavy atom. The zero-order valence-corrected chi connectivity index (χ0v) is 17.3. The Bertz CT molecular complexity index is 329. The Balaban J connectivity index is 3.23. The molecule has 0 aliphatic heterocycles. The smallest absolute Gasteiger partial charge is 0.434 e. The van der Waals surface area contributed by atoms with Crippen molar-refractivity contribution in [3.05, 3.63) is 12.2 Å². The maximum Gasteiger partial charge on any atom is 0.508 e. The van der Waals surface area contributed by atoms with Crippen LogP contribution in [0.5, 0.6) is 0 Å². The van der Waals surface area contributed by atoms with E-state index in [0.717, 1.165) is 12.8 Å². The first-order valence-corrected chi connectivity index (χ1v) is 10.4. The summed E-state index contributed by atoms with van der Waals surface area (Å²) in [6, 6.07) is 0. The average Bonchev–Trinajstić information content (AvgIpc) is 2.56. The molecule has 25 heavy (non-hydrogen) atoms. The molecule has 3 heteroatoms. The van der Waals surface area contributed by atoms with Crippen LogP contribution in [0.25, 0.3) is 0 Å². The van der Waals surface area contributed by atoms with E-state index in [0.29, 0.717) is 13.2 Å². The highest BCUT2D eigenvalue weighted by Crippen LogP contribution is 2.13. The van der Waals surface area contributed by atoms with Crippen LogP contribution in [-0.2, 0) is 9.47 Å². The van der Waals surface area contributed by atoms with Crippen LogP contribution in [0.1, 0.15) is 105 Å². The summed E-state index contributed by atoms with van der Waals surface area (Å²) in [6.45, 7) is 9.23. The van der Waals surface area contributed by atoms with Crippen molar-refractivity contribution in [3.63, 3.8) is 0 Å². The first-order valence-electron chi connectivity index (χ1n) is 10.4. The van der Waals surface area contributed by atoms with Crippen molar-refractivity contribution in [1.82, 2.24) is 0 Å². The van der Waals surface area contributed by atoms with Gasteiger partial charge in [-0.25, -0.2) is 4.79 Å². The molecule has 0 aromatic heterocycles. The van der Waals surface area contributed by atoms with Gasteiger partial charge < -0.3 is 9.47 Å². The molecule has 0 fully saturated rings. The second-order valence-corrected chi connectivity index (χ2v) is 8.18. The van der Waals surface area contributed by atoms with Crippen molar-refractivity contribution >= 4 is 6.16 Å². The first kappa shape index (κ1) is 24.0. The summed E-state index contributed by atoms with van der Waals surface area (Å²) in [5.74, 6) is 0. The summed E-state index contributed by atoms with van der Waals surface area (Å²) in [7, 11) is 0. The predicted octanol–water partition coefficient (Wildman–Crippen LogP) is 7.44. The molecule has 0 N–H and O–H groups in total. The second kappa shape index (κ2) is 16.5. The van der Waals surface area contributed by atoms with Crippen LogP contribution in [0.3, 0.4) is 0 Å². The van der Waals surface area contributed by atoms with Gasteiger partial charge in [-0.15, -0.1) is 0 Å². The highest BCUT2D eigenvalue weighted by molar-refractivity contribution is 5.59. The predicted molar refractivity (Wildman–Crippen MR) is 107 cm³/mol. The van der Waals surface area contributed by atoms with E-state index in [1.54, 1.807) is 0 Å². The van der Waals surface area contributed by atoms with Crippen LogP contribution >= 0.6 is 0 Å². The van der Waals surface area contributed by atoms with Crippen LogP contribution in [0.4, 0.5) is 4.79 Å². The first-order chi connectivity index (χ1) is 12.0. The molecule has 0 atom stereocenters. The standard InChI is InChI=1S/C22H42O3/c1-5-6-7-8-9-10-11-12-13-14-15-16-17-18-19-24-21(23)25-20-22(2,3)4/h10-11H,5-9,12-20H2,1-4H3. The number of ether oxygens (including phenoxy) is 2. The van der Waals surface area contributed by atoms with Gasteiger partial charge in [0.1, 0.15) is 0 Å². The number of allylic oxidation sites excluding steroid dienone is 2. The second-order valence-electron chi connectivity index (χ2n) is 8.18. The van der Waals surface area contributed by atoms with Gasteiger partial charge in [0.2, 0.25) is 0 Å². The van der Waals surface area contributed by atoms with Gasteiger partial charge in [-0.05, 0) is 37.5 Å². The summed E-state index contributed by atoms with van der Waals surface area (Å²) in [6.07, 6.45) is 19.2. The minimum Gasteiger partial charge on any atom is -0.434 e. The molecule has 0 aliphatic rings. The molecule has 0 radical (unpaired) electrons. The van der Waals surface area contributed by atoms with E-state index >= 15 is 0 Å². The van der Waals surface area contributed by atoms with E-state index in [-0.39, 0.29) is 5.41 Å². The third kappa shape index (κ3) is 21.0. The summed E-state index contributed by atoms with van der Waals surface area (Å²) >= 11 is 0. The van der Waals surface area contributed by atoms with E-state index in [9.17, 15) is 4.79 Å². The highest BCUT2D eigenvalue weighted by Gasteiger charge is 2.14. The van der Waals surface area contributed by atoms with Crippen LogP contribution in [0, 0.1) is 5.41 Å². The van der Waals surface area contributed by atoms with E-state index in [1.807, 2.05) is 20.8 Å². The maximum atomic E-state index is 11.4. The van der Waals surface area contributed by atoms with Crippen molar-refractivity contribution < 1.29 is 14.3 Å². The normalized spacial score (nSPS) is 11.8. The fourth-order valence-corrected chi connectivity index (χ4v) is 2.47. The van der Waals surface area contributed by atoms with Crippen molar-refractivity contribution in [3.8, 4) is 0 Å². The van der Waals surface area contributed by atoms with Crippen LogP contribution in [-0.4, -0.2) is 19.4 Å². The van der Waals surface area contributed by atoms with Gasteiger partial charge in [0.25, 0.3) is 0 Å². The molecule has 0 aromatic rings. The number of hydrogen-bond acceptors (Lipinski definition) is 3. The number of unbranched alkanes of at least 4 members (excludes halogenated alkanes) is 10. The molecule has 0 rings (SSSR count). The van der Waals surface area contributed by atoms with Gasteiger partial charge in [0.15, 0.2) is 0 Å². The largest absolute Gasteiger partial charge is 0.508 e. The molecule has 0 unspecified atom stereocenters. The fourth-order valence-electron chi connectivity index (χ4n) is 2.47. The lowest BCUT2D eigenvalue weighted by molar-refractivity contribution is 0.0323. The Labute approximate surface area is 156 Å². The number of rotatable bonds is 15. The Kier molecular flexibility index (Phi) is 15.8. The van der Waals surface area contributed by atoms with Crippen molar-refractivity contribution in [2.45, 2.75) is 105 Å². The summed E-state index contributed by atoms with van der Waals surface area (Å²) in [5, 5.41) is 0. The Morgan fingerprint density at radius 3 is 1.84 bits per heavy atom. The van der Waals surface area contributed by atoms with E-state index in [4.69, 9.17) is 9.47 Å². The lowest BCUT2D eigenvalue weighted by atomic mass is 9.99. The summed E-state index contributed by atoms with van der Waals surface area (Å²) in [5.41, 5.74) is -0.0107. The molecule has 0 amide bonds. The molecule has 0 saturated carbocycles. The molecule has 0 heterocycles. The van der Waals surface area contributed by atoms with Gasteiger partial charge in [-0.2, -0.15) is 0 Å². The van der Waals surface area contributed by atoms with Crippen LogP contribution in [0.2, 0.25) is 0 Å². The molecule has 0 aromatic carbocycles. The Hall–Kier alpha value is -0.990. The van der Waals surface area contributed by atoms with Gasteiger partial charge in [0, 0.05) is 0 Å². The van der Waals surface area contributed by atoms with Gasteiger partial charge >= 0.3 is 6.16 Å². The zero-order chi connectivity index (χ0) is 18.8. The fraction of sp³-hybridized carbons (Fsp3) is 0.864. The van der Waals surface area contributed by atoms with Crippen molar-refractivity contribution in [2.24, 2.45) is 5.41 Å². The molecule has 148 valence electrons. The lowest BCUT2D eigenvalue weighted by Gasteiger charge is -2.17. The van der Waals surface area contributed by atoms with E-state index in [2.05, 4.69) is 19.1 Å². The number of carbonyl (C=O) groups excluding carboxylic acids is 1. The molecule has 3 nitrogen and oxygen atoms in total. The quantitative estimate of drug-likeness (QED) is 0.174. The number of carbonyl (C=O) groups is 1. The maximum absolute atomic E-state index is 11.4. The molecule has 0 spiro atoms. The van der Waals surface area contributed by atoms with Crippen molar-refractivity contribution in [2.75, 3.05) is 13.2 Å². The number of hydrogen-bond donors (Lipinski definition) is 0. The summed E-state index contributed by atoms with van der Waals surface area (Å²) in [4.78, 5) is 11.4. The van der Waals surface area contributed by atoms with Crippen LogP contribution in [0.15, 0.2) is 12.2 Å². The minimum absolute atomic E-state index is 0.0107. The monoisotopic (exact) mass is 354 g/mol. The van der Waals surface area contributed by atoms with Gasteiger partial charge in [0.05, 0.1) is 13.2 Å². The molecule has 0 aliphatic carbocycles. The summed E-state index contributed by atoms with van der Waals surface area (Å²) < 4.78 is 10.1. The topological polar surface area (TPSA) is 35.5 Å². The molecule has 0 saturated heterocycles. The van der Waals surface area contributed by atoms with Gasteiger partial charge in [-0.1, -0.05) is 84.8 Å². The SMILES string of the molecule is CCCCCCC=CCCCCCCCCOC(=O)OCC(C)(C)C.